The van der Waals surface area contributed by atoms with Gasteiger partial charge >= 0.3 is 0 Å². The van der Waals surface area contributed by atoms with E-state index in [0.29, 0.717) is 24.1 Å². The summed E-state index contributed by atoms with van der Waals surface area (Å²) in [7, 11) is -3.65. The lowest BCUT2D eigenvalue weighted by Crippen LogP contribution is -2.41. The Morgan fingerprint density at radius 2 is 1.82 bits per heavy atom. The molecule has 3 rings (SSSR count). The Kier molecular flexibility index (Phi) is 5.68. The first-order valence-corrected chi connectivity index (χ1v) is 10.4. The van der Waals surface area contributed by atoms with E-state index in [9.17, 15) is 18.3 Å². The maximum atomic E-state index is 12.7. The summed E-state index contributed by atoms with van der Waals surface area (Å²) in [4.78, 5) is 12.6. The Labute approximate surface area is 164 Å². The summed E-state index contributed by atoms with van der Waals surface area (Å²) in [5.41, 5.74) is 1.63. The third-order valence-corrected chi connectivity index (χ3v) is 6.77. The molecule has 8 heteroatoms. The van der Waals surface area contributed by atoms with E-state index < -0.39 is 10.0 Å². The van der Waals surface area contributed by atoms with Crippen LogP contribution in [0.25, 0.3) is 0 Å². The van der Waals surface area contributed by atoms with Crippen LogP contribution in [0.15, 0.2) is 47.4 Å². The first kappa shape index (κ1) is 19.9. The lowest BCUT2D eigenvalue weighted by Gasteiger charge is -2.30. The average Bonchev–Trinajstić information content (AvgIpc) is 2.70. The van der Waals surface area contributed by atoms with Crippen LogP contribution < -0.4 is 5.32 Å². The number of piperidine rings is 1. The molecule has 1 heterocycles. The SMILES string of the molecule is Cc1ccc(NC(=O)C2CCN(S(=O)(=O)c3ccc(C#N)cc3)CC2)c(O)c1. The molecule has 0 atom stereocenters. The molecule has 2 aromatic rings. The van der Waals surface area contributed by atoms with Crippen LogP contribution in [-0.4, -0.2) is 36.8 Å². The van der Waals surface area contributed by atoms with Gasteiger partial charge in [-0.3, -0.25) is 4.79 Å². The van der Waals surface area contributed by atoms with E-state index >= 15 is 0 Å². The van der Waals surface area contributed by atoms with Crippen molar-refractivity contribution in [3.63, 3.8) is 0 Å². The molecule has 0 spiro atoms. The van der Waals surface area contributed by atoms with Crippen molar-refractivity contribution < 1.29 is 18.3 Å². The number of phenolic OH excluding ortho intramolecular Hbond substituents is 1. The van der Waals surface area contributed by atoms with Crippen LogP contribution in [-0.2, 0) is 14.8 Å². The van der Waals surface area contributed by atoms with Crippen molar-refractivity contribution in [1.82, 2.24) is 4.31 Å². The molecule has 0 aliphatic carbocycles. The minimum absolute atomic E-state index is 0.00850. The standard InChI is InChI=1S/C20H21N3O4S/c1-14-2-7-18(19(24)12-14)22-20(25)16-8-10-23(11-9-16)28(26,27)17-5-3-15(13-21)4-6-17/h2-7,12,16,24H,8-11H2,1H3,(H,22,25). The summed E-state index contributed by atoms with van der Waals surface area (Å²) in [6.45, 7) is 2.32. The highest BCUT2D eigenvalue weighted by atomic mass is 32.2. The van der Waals surface area contributed by atoms with Gasteiger partial charge in [0, 0.05) is 19.0 Å². The fourth-order valence-electron chi connectivity index (χ4n) is 3.19. The quantitative estimate of drug-likeness (QED) is 0.768. The van der Waals surface area contributed by atoms with Crippen molar-refractivity contribution in [3.05, 3.63) is 53.6 Å². The number of phenols is 1. The number of benzene rings is 2. The minimum Gasteiger partial charge on any atom is -0.506 e. The first-order chi connectivity index (χ1) is 13.3. The second kappa shape index (κ2) is 8.00. The van der Waals surface area contributed by atoms with E-state index in [-0.39, 0.29) is 35.6 Å². The number of aromatic hydroxyl groups is 1. The van der Waals surface area contributed by atoms with E-state index in [4.69, 9.17) is 5.26 Å². The molecule has 0 unspecified atom stereocenters. The van der Waals surface area contributed by atoms with E-state index in [1.807, 2.05) is 13.0 Å². The van der Waals surface area contributed by atoms with Crippen molar-refractivity contribution in [3.8, 4) is 11.8 Å². The van der Waals surface area contributed by atoms with Gasteiger partial charge in [-0.25, -0.2) is 8.42 Å². The number of sulfonamides is 1. The van der Waals surface area contributed by atoms with Crippen molar-refractivity contribution >= 4 is 21.6 Å². The van der Waals surface area contributed by atoms with Crippen molar-refractivity contribution in [1.29, 1.82) is 5.26 Å². The predicted molar refractivity (Wildman–Crippen MR) is 104 cm³/mol. The summed E-state index contributed by atoms with van der Waals surface area (Å²) in [6.07, 6.45) is 0.794. The molecule has 1 amide bonds. The van der Waals surface area contributed by atoms with Gasteiger partial charge < -0.3 is 10.4 Å². The van der Waals surface area contributed by atoms with Gasteiger partial charge in [0.25, 0.3) is 0 Å². The topological polar surface area (TPSA) is 111 Å². The highest BCUT2D eigenvalue weighted by molar-refractivity contribution is 7.89. The number of hydrogen-bond acceptors (Lipinski definition) is 5. The predicted octanol–water partition coefficient (Wildman–Crippen LogP) is 2.61. The van der Waals surface area contributed by atoms with Gasteiger partial charge in [0.15, 0.2) is 0 Å². The van der Waals surface area contributed by atoms with Crippen LogP contribution in [0.5, 0.6) is 5.75 Å². The Bertz CT molecular complexity index is 1020. The number of aryl methyl sites for hydroxylation is 1. The third kappa shape index (κ3) is 4.16. The van der Waals surface area contributed by atoms with Crippen LogP contribution in [0.1, 0.15) is 24.0 Å². The van der Waals surface area contributed by atoms with Gasteiger partial charge in [-0.15, -0.1) is 0 Å². The second-order valence-corrected chi connectivity index (χ2v) is 8.76. The number of hydrogen-bond donors (Lipinski definition) is 2. The molecule has 0 bridgehead atoms. The molecule has 1 aliphatic rings. The maximum Gasteiger partial charge on any atom is 0.243 e. The van der Waals surface area contributed by atoms with Gasteiger partial charge in [-0.2, -0.15) is 9.57 Å². The average molecular weight is 399 g/mol. The number of carbonyl (C=O) groups excluding carboxylic acids is 1. The molecular formula is C20H21N3O4S. The summed E-state index contributed by atoms with van der Waals surface area (Å²) in [5, 5.41) is 21.5. The molecule has 146 valence electrons. The summed E-state index contributed by atoms with van der Waals surface area (Å²) >= 11 is 0. The molecular weight excluding hydrogens is 378 g/mol. The Morgan fingerprint density at radius 3 is 2.39 bits per heavy atom. The normalized spacial score (nSPS) is 15.7. The lowest BCUT2D eigenvalue weighted by atomic mass is 9.97. The number of amides is 1. The van der Waals surface area contributed by atoms with Crippen LogP contribution >= 0.6 is 0 Å². The van der Waals surface area contributed by atoms with E-state index in [0.717, 1.165) is 5.56 Å². The number of nitrogens with one attached hydrogen (secondary N) is 1. The Morgan fingerprint density at radius 1 is 1.18 bits per heavy atom. The molecule has 1 saturated heterocycles. The zero-order valence-electron chi connectivity index (χ0n) is 15.4. The third-order valence-electron chi connectivity index (χ3n) is 4.86. The number of nitrogens with zero attached hydrogens (tertiary/aromatic N) is 2. The smallest absolute Gasteiger partial charge is 0.243 e. The van der Waals surface area contributed by atoms with E-state index in [2.05, 4.69) is 5.32 Å². The monoisotopic (exact) mass is 399 g/mol. The molecule has 0 saturated carbocycles. The van der Waals surface area contributed by atoms with Gasteiger partial charge in [0.05, 0.1) is 22.2 Å². The summed E-state index contributed by atoms with van der Waals surface area (Å²) in [5.74, 6) is -0.545. The molecule has 7 nitrogen and oxygen atoms in total. The molecule has 1 fully saturated rings. The molecule has 1 aliphatic heterocycles. The highest BCUT2D eigenvalue weighted by Crippen LogP contribution is 2.28. The summed E-state index contributed by atoms with van der Waals surface area (Å²) < 4.78 is 26.8. The molecule has 2 aromatic carbocycles. The van der Waals surface area contributed by atoms with Crippen molar-refractivity contribution in [2.24, 2.45) is 5.92 Å². The number of anilines is 1. The van der Waals surface area contributed by atoms with Gasteiger partial charge in [-0.1, -0.05) is 6.07 Å². The Balaban J connectivity index is 1.63. The Hall–Kier alpha value is -2.89. The fourth-order valence-corrected chi connectivity index (χ4v) is 4.66. The molecule has 28 heavy (non-hydrogen) atoms. The van der Waals surface area contributed by atoms with Crippen LogP contribution in [0, 0.1) is 24.2 Å². The molecule has 0 radical (unpaired) electrons. The van der Waals surface area contributed by atoms with Gasteiger partial charge in [0.2, 0.25) is 15.9 Å². The van der Waals surface area contributed by atoms with Crippen LogP contribution in [0.3, 0.4) is 0 Å². The minimum atomic E-state index is -3.65. The van der Waals surface area contributed by atoms with E-state index in [1.165, 1.54) is 28.6 Å². The molecule has 2 N–H and O–H groups in total. The van der Waals surface area contributed by atoms with Crippen LogP contribution in [0.4, 0.5) is 5.69 Å². The van der Waals surface area contributed by atoms with Crippen molar-refractivity contribution in [2.45, 2.75) is 24.7 Å². The van der Waals surface area contributed by atoms with Gasteiger partial charge in [-0.05, 0) is 61.7 Å². The second-order valence-electron chi connectivity index (χ2n) is 6.82. The maximum absolute atomic E-state index is 12.7. The van der Waals surface area contributed by atoms with Crippen LogP contribution in [0.2, 0.25) is 0 Å². The zero-order chi connectivity index (χ0) is 20.3. The van der Waals surface area contributed by atoms with Gasteiger partial charge in [0.1, 0.15) is 5.75 Å². The number of carbonyl (C=O) groups is 1. The first-order valence-electron chi connectivity index (χ1n) is 8.92. The fraction of sp³-hybridized carbons (Fsp3) is 0.300. The largest absolute Gasteiger partial charge is 0.506 e. The van der Waals surface area contributed by atoms with E-state index in [1.54, 1.807) is 18.2 Å². The molecule has 0 aromatic heterocycles. The zero-order valence-corrected chi connectivity index (χ0v) is 16.2. The van der Waals surface area contributed by atoms with Crippen molar-refractivity contribution in [2.75, 3.05) is 18.4 Å². The lowest BCUT2D eigenvalue weighted by molar-refractivity contribution is -0.120. The number of rotatable bonds is 4. The number of nitriles is 1. The highest BCUT2D eigenvalue weighted by Gasteiger charge is 2.32. The summed E-state index contributed by atoms with van der Waals surface area (Å²) in [6, 6.07) is 12.8.